The zero-order valence-corrected chi connectivity index (χ0v) is 16.9. The van der Waals surface area contributed by atoms with Crippen LogP contribution < -0.4 is 15.0 Å². The second kappa shape index (κ2) is 9.41. The van der Waals surface area contributed by atoms with E-state index < -0.39 is 0 Å². The Hall–Kier alpha value is -2.80. The van der Waals surface area contributed by atoms with Gasteiger partial charge in [-0.2, -0.15) is 0 Å². The van der Waals surface area contributed by atoms with E-state index in [1.54, 1.807) is 19.4 Å². The van der Waals surface area contributed by atoms with Crippen molar-refractivity contribution in [3.05, 3.63) is 48.2 Å². The molecule has 28 heavy (non-hydrogen) atoms. The molecule has 1 aliphatic rings. The molecular weight excluding hydrogens is 354 g/mol. The summed E-state index contributed by atoms with van der Waals surface area (Å²) in [6.07, 6.45) is 1.69. The first-order valence-corrected chi connectivity index (χ1v) is 9.60. The molecule has 0 atom stereocenters. The number of nitrogens with one attached hydrogen (secondary N) is 1. The number of hydrogen-bond acceptors (Lipinski definition) is 6. The summed E-state index contributed by atoms with van der Waals surface area (Å²) < 4.78 is 5.22. The van der Waals surface area contributed by atoms with Crippen LogP contribution in [0.3, 0.4) is 0 Å². The molecule has 1 N–H and O–H groups in total. The molecular formula is C21H29N5O2. The number of nitrogens with zero attached hydrogens (tertiary/aromatic N) is 4. The van der Waals surface area contributed by atoms with Crippen LogP contribution in [-0.2, 0) is 0 Å². The molecule has 3 rings (SSSR count). The van der Waals surface area contributed by atoms with Crippen molar-refractivity contribution in [2.75, 3.05) is 70.7 Å². The third-order valence-electron chi connectivity index (χ3n) is 4.88. The van der Waals surface area contributed by atoms with Crippen LogP contribution in [0.5, 0.6) is 5.75 Å². The number of pyridine rings is 1. The minimum atomic E-state index is 0.0624. The molecule has 1 saturated heterocycles. The number of carbonyl (C=O) groups is 1. The van der Waals surface area contributed by atoms with E-state index in [0.717, 1.165) is 43.4 Å². The van der Waals surface area contributed by atoms with E-state index in [1.165, 1.54) is 0 Å². The monoisotopic (exact) mass is 383 g/mol. The van der Waals surface area contributed by atoms with Crippen LogP contribution >= 0.6 is 0 Å². The van der Waals surface area contributed by atoms with E-state index >= 15 is 0 Å². The third-order valence-corrected chi connectivity index (χ3v) is 4.88. The molecule has 1 aromatic heterocycles. The first kappa shape index (κ1) is 19.9. The smallest absolute Gasteiger partial charge is 0.254 e. The number of anilines is 2. The van der Waals surface area contributed by atoms with Gasteiger partial charge in [-0.05, 0) is 50.5 Å². The maximum absolute atomic E-state index is 12.9. The van der Waals surface area contributed by atoms with Crippen molar-refractivity contribution in [2.24, 2.45) is 0 Å². The summed E-state index contributed by atoms with van der Waals surface area (Å²) in [5, 5.41) is 3.27. The van der Waals surface area contributed by atoms with Crippen LogP contribution in [0.1, 0.15) is 10.4 Å². The van der Waals surface area contributed by atoms with Crippen LogP contribution in [-0.4, -0.2) is 81.2 Å². The fourth-order valence-electron chi connectivity index (χ4n) is 3.21. The molecule has 1 aliphatic heterocycles. The predicted molar refractivity (Wildman–Crippen MR) is 112 cm³/mol. The quantitative estimate of drug-likeness (QED) is 0.789. The average molecular weight is 383 g/mol. The van der Waals surface area contributed by atoms with Gasteiger partial charge in [-0.25, -0.2) is 4.98 Å². The molecule has 1 fully saturated rings. The van der Waals surface area contributed by atoms with Gasteiger partial charge in [0.15, 0.2) is 0 Å². The van der Waals surface area contributed by atoms with Crippen LogP contribution in [0.15, 0.2) is 42.6 Å². The SMILES string of the molecule is COc1ccc(N2CCN(C(=O)c3ccnc(NCCN(C)C)c3)CC2)cc1. The lowest BCUT2D eigenvalue weighted by Gasteiger charge is -2.36. The molecule has 1 aromatic carbocycles. The van der Waals surface area contributed by atoms with E-state index in [9.17, 15) is 4.79 Å². The zero-order chi connectivity index (χ0) is 19.9. The largest absolute Gasteiger partial charge is 0.497 e. The first-order valence-electron chi connectivity index (χ1n) is 9.60. The number of ether oxygens (including phenoxy) is 1. The number of amides is 1. The van der Waals surface area contributed by atoms with Gasteiger partial charge in [-0.15, -0.1) is 0 Å². The van der Waals surface area contributed by atoms with Gasteiger partial charge in [0.1, 0.15) is 11.6 Å². The average Bonchev–Trinajstić information content (AvgIpc) is 2.73. The number of rotatable bonds is 7. The van der Waals surface area contributed by atoms with Gasteiger partial charge in [0, 0.05) is 56.7 Å². The van der Waals surface area contributed by atoms with Crippen molar-refractivity contribution < 1.29 is 9.53 Å². The molecule has 150 valence electrons. The van der Waals surface area contributed by atoms with Crippen LogP contribution in [0, 0.1) is 0 Å². The summed E-state index contributed by atoms with van der Waals surface area (Å²) >= 11 is 0. The normalized spacial score (nSPS) is 14.3. The highest BCUT2D eigenvalue weighted by atomic mass is 16.5. The number of aromatic nitrogens is 1. The van der Waals surface area contributed by atoms with Crippen LogP contribution in [0.2, 0.25) is 0 Å². The molecule has 7 nitrogen and oxygen atoms in total. The lowest BCUT2D eigenvalue weighted by Crippen LogP contribution is -2.48. The zero-order valence-electron chi connectivity index (χ0n) is 16.9. The lowest BCUT2D eigenvalue weighted by molar-refractivity contribution is 0.0746. The summed E-state index contributed by atoms with van der Waals surface area (Å²) in [5.41, 5.74) is 1.84. The standard InChI is InChI=1S/C21H29N5O2/c1-24(2)11-10-23-20-16-17(8-9-22-20)21(27)26-14-12-25(13-15-26)18-4-6-19(28-3)7-5-18/h4-9,16H,10-15H2,1-3H3,(H,22,23). The second-order valence-electron chi connectivity index (χ2n) is 7.14. The molecule has 0 radical (unpaired) electrons. The van der Waals surface area contributed by atoms with Crippen molar-refractivity contribution >= 4 is 17.4 Å². The van der Waals surface area contributed by atoms with Crippen molar-refractivity contribution in [3.63, 3.8) is 0 Å². The maximum Gasteiger partial charge on any atom is 0.254 e. The molecule has 0 spiro atoms. The summed E-state index contributed by atoms with van der Waals surface area (Å²) in [5.74, 6) is 1.65. The number of piperazine rings is 1. The number of carbonyl (C=O) groups excluding carboxylic acids is 1. The number of hydrogen-bond donors (Lipinski definition) is 1. The van der Waals surface area contributed by atoms with Gasteiger partial charge in [0.25, 0.3) is 5.91 Å². The van der Waals surface area contributed by atoms with Crippen molar-refractivity contribution in [3.8, 4) is 5.75 Å². The van der Waals surface area contributed by atoms with Gasteiger partial charge in [-0.3, -0.25) is 4.79 Å². The highest BCUT2D eigenvalue weighted by Crippen LogP contribution is 2.21. The fraction of sp³-hybridized carbons (Fsp3) is 0.429. The Balaban J connectivity index is 1.55. The summed E-state index contributed by atoms with van der Waals surface area (Å²) in [6, 6.07) is 11.7. The topological polar surface area (TPSA) is 60.9 Å². The minimum absolute atomic E-state index is 0.0624. The lowest BCUT2D eigenvalue weighted by atomic mass is 10.2. The van der Waals surface area contributed by atoms with Crippen LogP contribution in [0.4, 0.5) is 11.5 Å². The van der Waals surface area contributed by atoms with Crippen molar-refractivity contribution in [2.45, 2.75) is 0 Å². The Morgan fingerprint density at radius 2 is 1.86 bits per heavy atom. The number of methoxy groups -OCH3 is 1. The van der Waals surface area contributed by atoms with E-state index in [-0.39, 0.29) is 5.91 Å². The second-order valence-corrected chi connectivity index (χ2v) is 7.14. The Bertz CT molecular complexity index is 771. The van der Waals surface area contributed by atoms with E-state index in [2.05, 4.69) is 32.2 Å². The summed E-state index contributed by atoms with van der Waals surface area (Å²) in [7, 11) is 5.73. The Labute approximate surface area is 166 Å². The summed E-state index contributed by atoms with van der Waals surface area (Å²) in [4.78, 5) is 23.5. The highest BCUT2D eigenvalue weighted by Gasteiger charge is 2.22. The fourth-order valence-corrected chi connectivity index (χ4v) is 3.21. The van der Waals surface area contributed by atoms with Crippen molar-refractivity contribution in [1.82, 2.24) is 14.8 Å². The van der Waals surface area contributed by atoms with E-state index in [0.29, 0.717) is 18.7 Å². The number of benzene rings is 1. The molecule has 7 heteroatoms. The molecule has 0 saturated carbocycles. The third kappa shape index (κ3) is 5.13. The first-order chi connectivity index (χ1) is 13.6. The van der Waals surface area contributed by atoms with E-state index in [4.69, 9.17) is 4.74 Å². The minimum Gasteiger partial charge on any atom is -0.497 e. The Morgan fingerprint density at radius 1 is 1.14 bits per heavy atom. The highest BCUT2D eigenvalue weighted by molar-refractivity contribution is 5.95. The Morgan fingerprint density at radius 3 is 2.50 bits per heavy atom. The summed E-state index contributed by atoms with van der Waals surface area (Å²) in [6.45, 7) is 4.74. The van der Waals surface area contributed by atoms with E-state index in [1.807, 2.05) is 37.2 Å². The number of likely N-dealkylation sites (N-methyl/N-ethyl adjacent to an activating group) is 1. The van der Waals surface area contributed by atoms with Crippen LogP contribution in [0.25, 0.3) is 0 Å². The molecule has 0 aliphatic carbocycles. The van der Waals surface area contributed by atoms with Gasteiger partial charge < -0.3 is 24.8 Å². The molecule has 2 heterocycles. The van der Waals surface area contributed by atoms with Gasteiger partial charge in [0.2, 0.25) is 0 Å². The predicted octanol–water partition coefficient (Wildman–Crippen LogP) is 2.03. The molecule has 0 unspecified atom stereocenters. The molecule has 1 amide bonds. The van der Waals surface area contributed by atoms with Gasteiger partial charge in [-0.1, -0.05) is 0 Å². The van der Waals surface area contributed by atoms with Gasteiger partial charge >= 0.3 is 0 Å². The van der Waals surface area contributed by atoms with Crippen molar-refractivity contribution in [1.29, 1.82) is 0 Å². The van der Waals surface area contributed by atoms with Gasteiger partial charge in [0.05, 0.1) is 7.11 Å². The molecule has 0 bridgehead atoms. The molecule has 2 aromatic rings. The Kier molecular flexibility index (Phi) is 6.71. The maximum atomic E-state index is 12.9.